The lowest BCUT2D eigenvalue weighted by Crippen LogP contribution is -2.23. The molecule has 0 nitrogen and oxygen atoms in total. The fourth-order valence-electron chi connectivity index (χ4n) is 8.10. The van der Waals surface area contributed by atoms with Crippen LogP contribution in [0, 0.1) is 41.0 Å². The molecule has 0 bridgehead atoms. The van der Waals surface area contributed by atoms with Gasteiger partial charge in [0.1, 0.15) is 0 Å². The number of benzene rings is 3. The first-order valence-electron chi connectivity index (χ1n) is 18.8. The van der Waals surface area contributed by atoms with Gasteiger partial charge in [-0.25, -0.2) is 17.6 Å². The van der Waals surface area contributed by atoms with Gasteiger partial charge in [0.25, 0.3) is 0 Å². The minimum Gasteiger partial charge on any atom is -0.203 e. The van der Waals surface area contributed by atoms with Crippen LogP contribution in [-0.4, -0.2) is 0 Å². The van der Waals surface area contributed by atoms with E-state index in [4.69, 9.17) is 0 Å². The molecule has 258 valence electrons. The summed E-state index contributed by atoms with van der Waals surface area (Å²) in [7, 11) is 0. The smallest absolute Gasteiger partial charge is 0.167 e. The van der Waals surface area contributed by atoms with E-state index < -0.39 is 23.3 Å². The van der Waals surface area contributed by atoms with Crippen molar-refractivity contribution in [3.8, 4) is 22.3 Å². The van der Waals surface area contributed by atoms with Crippen molar-refractivity contribution in [1.29, 1.82) is 0 Å². The first-order valence-corrected chi connectivity index (χ1v) is 18.8. The molecular weight excluding hydrogens is 604 g/mol. The van der Waals surface area contributed by atoms with Crippen LogP contribution in [0.15, 0.2) is 66.8 Å². The van der Waals surface area contributed by atoms with Crippen molar-refractivity contribution in [3.63, 3.8) is 0 Å². The molecule has 4 heteroatoms. The lowest BCUT2D eigenvalue weighted by molar-refractivity contribution is 0.190. The second kappa shape index (κ2) is 18.0. The van der Waals surface area contributed by atoms with Crippen LogP contribution in [-0.2, 0) is 6.42 Å². The average molecular weight is 659 g/mol. The Kier molecular flexibility index (Phi) is 13.6. The summed E-state index contributed by atoms with van der Waals surface area (Å²) >= 11 is 0. The maximum atomic E-state index is 15.5. The van der Waals surface area contributed by atoms with E-state index in [0.717, 1.165) is 55.9 Å². The van der Waals surface area contributed by atoms with Crippen molar-refractivity contribution in [3.05, 3.63) is 101 Å². The van der Waals surface area contributed by atoms with Gasteiger partial charge in [-0.15, -0.1) is 0 Å². The number of rotatable bonds is 15. The number of hydrogen-bond donors (Lipinski definition) is 0. The summed E-state index contributed by atoms with van der Waals surface area (Å²) in [4.78, 5) is 0. The molecule has 0 spiro atoms. The zero-order chi connectivity index (χ0) is 33.9. The molecule has 3 aromatic rings. The molecule has 1 fully saturated rings. The van der Waals surface area contributed by atoms with Crippen LogP contribution < -0.4 is 0 Å². The van der Waals surface area contributed by atoms with Crippen LogP contribution in [0.2, 0.25) is 0 Å². The Morgan fingerprint density at radius 1 is 0.625 bits per heavy atom. The number of aryl methyl sites for hydroxylation is 1. The Hall–Kier alpha value is -3.14. The van der Waals surface area contributed by atoms with E-state index in [1.165, 1.54) is 64.2 Å². The maximum absolute atomic E-state index is 15.5. The Balaban J connectivity index is 1.18. The predicted molar refractivity (Wildman–Crippen MR) is 194 cm³/mol. The Labute approximate surface area is 286 Å². The summed E-state index contributed by atoms with van der Waals surface area (Å²) in [5, 5.41) is 0. The molecule has 1 saturated carbocycles. The molecule has 1 atom stereocenters. The van der Waals surface area contributed by atoms with E-state index in [9.17, 15) is 4.39 Å². The second-order valence-electron chi connectivity index (χ2n) is 14.3. The highest BCUT2D eigenvalue weighted by molar-refractivity contribution is 5.74. The minimum atomic E-state index is -0.869. The van der Waals surface area contributed by atoms with Gasteiger partial charge in [-0.1, -0.05) is 125 Å². The van der Waals surface area contributed by atoms with Crippen molar-refractivity contribution in [2.75, 3.05) is 0 Å². The van der Waals surface area contributed by atoms with Crippen molar-refractivity contribution >= 4 is 5.57 Å². The quantitative estimate of drug-likeness (QED) is 0.0866. The average Bonchev–Trinajstić information content (AvgIpc) is 3.11. The van der Waals surface area contributed by atoms with Crippen LogP contribution in [0.25, 0.3) is 27.8 Å². The second-order valence-corrected chi connectivity index (χ2v) is 14.3. The minimum absolute atomic E-state index is 0.167. The summed E-state index contributed by atoms with van der Waals surface area (Å²) in [5.41, 5.74) is 2.99. The summed E-state index contributed by atoms with van der Waals surface area (Å²) in [6.45, 7) is 4.28. The van der Waals surface area contributed by atoms with Crippen molar-refractivity contribution in [1.82, 2.24) is 0 Å². The zero-order valence-electron chi connectivity index (χ0n) is 29.1. The Morgan fingerprint density at radius 2 is 1.21 bits per heavy atom. The van der Waals surface area contributed by atoms with Gasteiger partial charge < -0.3 is 0 Å². The van der Waals surface area contributed by atoms with Crippen LogP contribution in [0.4, 0.5) is 17.6 Å². The highest BCUT2D eigenvalue weighted by Gasteiger charge is 2.29. The summed E-state index contributed by atoms with van der Waals surface area (Å²) in [5.74, 6) is -1.11. The molecule has 48 heavy (non-hydrogen) atoms. The third-order valence-electron chi connectivity index (χ3n) is 11.1. The highest BCUT2D eigenvalue weighted by Crippen LogP contribution is 2.43. The first kappa shape index (κ1) is 36.1. The van der Waals surface area contributed by atoms with Crippen LogP contribution in [0.3, 0.4) is 0 Å². The monoisotopic (exact) mass is 658 g/mol. The van der Waals surface area contributed by atoms with Gasteiger partial charge in [0.15, 0.2) is 23.3 Å². The van der Waals surface area contributed by atoms with E-state index in [1.54, 1.807) is 48.5 Å². The van der Waals surface area contributed by atoms with Crippen LogP contribution in [0.5, 0.6) is 0 Å². The fourth-order valence-corrected chi connectivity index (χ4v) is 8.10. The third-order valence-corrected chi connectivity index (χ3v) is 11.1. The number of halogens is 4. The van der Waals surface area contributed by atoms with E-state index in [1.807, 2.05) is 0 Å². The topological polar surface area (TPSA) is 0 Å². The molecule has 0 aliphatic heterocycles. The van der Waals surface area contributed by atoms with Crippen molar-refractivity contribution < 1.29 is 17.6 Å². The fraction of sp³-hybridized carbons (Fsp3) is 0.500. The molecule has 0 N–H and O–H groups in total. The van der Waals surface area contributed by atoms with Crippen LogP contribution >= 0.6 is 0 Å². The Bertz CT molecular complexity index is 1520. The normalized spacial score (nSPS) is 20.0. The highest BCUT2D eigenvalue weighted by atomic mass is 19.2. The van der Waals surface area contributed by atoms with Gasteiger partial charge in [0.2, 0.25) is 0 Å². The van der Waals surface area contributed by atoms with Crippen molar-refractivity contribution in [2.24, 2.45) is 17.8 Å². The van der Waals surface area contributed by atoms with Gasteiger partial charge in [0, 0.05) is 16.7 Å². The molecule has 0 heterocycles. The molecule has 0 aromatic heterocycles. The zero-order valence-corrected chi connectivity index (χ0v) is 29.1. The summed E-state index contributed by atoms with van der Waals surface area (Å²) in [6, 6.07) is 13.2. The molecule has 2 aliphatic rings. The maximum Gasteiger partial charge on any atom is 0.167 e. The third kappa shape index (κ3) is 9.10. The summed E-state index contributed by atoms with van der Waals surface area (Å²) in [6.07, 6.45) is 25.4. The predicted octanol–water partition coefficient (Wildman–Crippen LogP) is 14.2. The van der Waals surface area contributed by atoms with E-state index >= 15 is 13.2 Å². The SMILES string of the molecule is C/C=C/CCC1CCC(C2CC=C(c3ccc(-c4ccc(-c5ccc(CCCCCCCCC)c(F)c5F)cc4)c(F)c3F)CC2)CC1. The standard InChI is InChI=1S/C44H54F4/c1-3-5-7-8-9-10-12-14-37-27-28-38(42(46)41(37)45)35-23-25-36(26-24-35)40-30-29-39(43(47)44(40)48)34-21-19-33(20-22-34)32-17-15-31(16-18-32)13-11-6-4-2/h4,6,21,23-33H,3,5,7-20,22H2,1-2H3/b6-4+. The largest absolute Gasteiger partial charge is 0.203 e. The molecule has 0 saturated heterocycles. The van der Waals surface area contributed by atoms with Crippen LogP contribution in [0.1, 0.15) is 128 Å². The van der Waals surface area contributed by atoms with E-state index in [-0.39, 0.29) is 11.1 Å². The molecular formula is C44H54F4. The lowest BCUT2D eigenvalue weighted by atomic mass is 9.70. The lowest BCUT2D eigenvalue weighted by Gasteiger charge is -2.35. The van der Waals surface area contributed by atoms with E-state index in [0.29, 0.717) is 34.6 Å². The molecule has 2 aliphatic carbocycles. The van der Waals surface area contributed by atoms with Gasteiger partial charge in [-0.05, 0) is 105 Å². The summed E-state index contributed by atoms with van der Waals surface area (Å²) < 4.78 is 61.1. The van der Waals surface area contributed by atoms with Gasteiger partial charge >= 0.3 is 0 Å². The molecule has 0 amide bonds. The number of hydrogen-bond acceptors (Lipinski definition) is 0. The van der Waals surface area contributed by atoms with Gasteiger partial charge in [-0.3, -0.25) is 0 Å². The molecule has 0 radical (unpaired) electrons. The van der Waals surface area contributed by atoms with Gasteiger partial charge in [0.05, 0.1) is 0 Å². The number of allylic oxidation sites excluding steroid dienone is 4. The van der Waals surface area contributed by atoms with E-state index in [2.05, 4.69) is 32.1 Å². The molecule has 5 rings (SSSR count). The Morgan fingerprint density at radius 3 is 1.83 bits per heavy atom. The first-order chi connectivity index (χ1) is 23.4. The number of unbranched alkanes of at least 4 members (excludes halogenated alkanes) is 6. The van der Waals surface area contributed by atoms with Gasteiger partial charge in [-0.2, -0.15) is 0 Å². The van der Waals surface area contributed by atoms with Crippen molar-refractivity contribution in [2.45, 2.75) is 123 Å². The molecule has 1 unspecified atom stereocenters. The molecule has 3 aromatic carbocycles.